The molecule has 0 spiro atoms. The van der Waals surface area contributed by atoms with E-state index in [1.165, 1.54) is 15.5 Å². The second-order valence-electron chi connectivity index (χ2n) is 3.65. The van der Waals surface area contributed by atoms with Crippen molar-refractivity contribution in [3.05, 3.63) is 28.5 Å². The van der Waals surface area contributed by atoms with E-state index in [9.17, 15) is 4.79 Å². The zero-order valence-corrected chi connectivity index (χ0v) is 11.3. The lowest BCUT2D eigenvalue weighted by atomic mass is 10.3. The van der Waals surface area contributed by atoms with Gasteiger partial charge in [0.1, 0.15) is 0 Å². The Morgan fingerprint density at radius 3 is 3.12 bits per heavy atom. The van der Waals surface area contributed by atoms with E-state index in [-0.39, 0.29) is 5.97 Å². The van der Waals surface area contributed by atoms with Crippen molar-refractivity contribution in [1.29, 1.82) is 0 Å². The maximum Gasteiger partial charge on any atom is 0.330 e. The predicted octanol–water partition coefficient (Wildman–Crippen LogP) is 4.32. The monoisotopic (exact) mass is 266 g/mol. The molecule has 4 heteroatoms. The SMILES string of the molecule is CCCCOC(=O)/C=C/c1cc2sccc2s1. The Balaban J connectivity index is 1.91. The molecule has 90 valence electrons. The molecule has 0 atom stereocenters. The van der Waals surface area contributed by atoms with E-state index in [2.05, 4.69) is 24.4 Å². The van der Waals surface area contributed by atoms with E-state index < -0.39 is 0 Å². The number of thiophene rings is 2. The molecule has 2 aromatic rings. The summed E-state index contributed by atoms with van der Waals surface area (Å²) in [5, 5.41) is 2.08. The molecule has 0 aliphatic rings. The summed E-state index contributed by atoms with van der Waals surface area (Å²) in [6.07, 6.45) is 5.29. The second-order valence-corrected chi connectivity index (χ2v) is 5.72. The highest BCUT2D eigenvalue weighted by molar-refractivity contribution is 7.27. The number of rotatable bonds is 5. The molecule has 0 saturated heterocycles. The highest BCUT2D eigenvalue weighted by Gasteiger charge is 2.01. The van der Waals surface area contributed by atoms with Gasteiger partial charge in [-0.15, -0.1) is 22.7 Å². The standard InChI is InChI=1S/C13H14O2S2/c1-2-3-7-15-13(14)5-4-10-9-12-11(17-10)6-8-16-12/h4-6,8-9H,2-3,7H2,1H3/b5-4+. The van der Waals surface area contributed by atoms with Gasteiger partial charge in [-0.2, -0.15) is 0 Å². The van der Waals surface area contributed by atoms with Crippen LogP contribution in [0, 0.1) is 0 Å². The molecular formula is C13H14O2S2. The van der Waals surface area contributed by atoms with Crippen LogP contribution in [0.2, 0.25) is 0 Å². The van der Waals surface area contributed by atoms with Crippen molar-refractivity contribution in [2.75, 3.05) is 6.61 Å². The van der Waals surface area contributed by atoms with E-state index in [1.54, 1.807) is 22.7 Å². The minimum atomic E-state index is -0.254. The van der Waals surface area contributed by atoms with Crippen molar-refractivity contribution in [2.24, 2.45) is 0 Å². The molecule has 0 aromatic carbocycles. The van der Waals surface area contributed by atoms with Crippen LogP contribution >= 0.6 is 22.7 Å². The van der Waals surface area contributed by atoms with Crippen molar-refractivity contribution in [3.8, 4) is 0 Å². The highest BCUT2D eigenvalue weighted by Crippen LogP contribution is 2.30. The van der Waals surface area contributed by atoms with E-state index in [1.807, 2.05) is 6.08 Å². The Morgan fingerprint density at radius 2 is 2.35 bits per heavy atom. The topological polar surface area (TPSA) is 26.3 Å². The summed E-state index contributed by atoms with van der Waals surface area (Å²) in [6, 6.07) is 4.20. The van der Waals surface area contributed by atoms with Gasteiger partial charge in [0.05, 0.1) is 6.61 Å². The van der Waals surface area contributed by atoms with Crippen LogP contribution in [-0.4, -0.2) is 12.6 Å². The molecular weight excluding hydrogens is 252 g/mol. The van der Waals surface area contributed by atoms with Crippen molar-refractivity contribution in [1.82, 2.24) is 0 Å². The summed E-state index contributed by atoms with van der Waals surface area (Å²) in [5.41, 5.74) is 0. The molecule has 0 radical (unpaired) electrons. The molecule has 0 aliphatic heterocycles. The Kier molecular flexibility index (Phi) is 4.34. The third-order valence-electron chi connectivity index (χ3n) is 2.28. The molecule has 0 N–H and O–H groups in total. The molecule has 2 nitrogen and oxygen atoms in total. The van der Waals surface area contributed by atoms with Gasteiger partial charge >= 0.3 is 5.97 Å². The van der Waals surface area contributed by atoms with Crippen molar-refractivity contribution >= 4 is 44.1 Å². The fraction of sp³-hybridized carbons (Fsp3) is 0.308. The van der Waals surface area contributed by atoms with Gasteiger partial charge in [0.2, 0.25) is 0 Å². The van der Waals surface area contributed by atoms with Gasteiger partial charge in [-0.25, -0.2) is 4.79 Å². The maximum atomic E-state index is 11.3. The Labute approximate surface area is 109 Å². The first-order valence-corrected chi connectivity index (χ1v) is 7.31. The lowest BCUT2D eigenvalue weighted by Gasteiger charge is -1.98. The Bertz CT molecular complexity index is 494. The van der Waals surface area contributed by atoms with Crippen molar-refractivity contribution in [2.45, 2.75) is 19.8 Å². The minimum absolute atomic E-state index is 0.254. The van der Waals surface area contributed by atoms with Crippen molar-refractivity contribution in [3.63, 3.8) is 0 Å². The first-order chi connectivity index (χ1) is 8.29. The van der Waals surface area contributed by atoms with Gasteiger partial charge in [-0.05, 0) is 30.0 Å². The van der Waals surface area contributed by atoms with Gasteiger partial charge in [0, 0.05) is 20.4 Å². The van der Waals surface area contributed by atoms with Crippen LogP contribution in [0.3, 0.4) is 0 Å². The zero-order chi connectivity index (χ0) is 12.1. The van der Waals surface area contributed by atoms with Gasteiger partial charge in [-0.3, -0.25) is 0 Å². The largest absolute Gasteiger partial charge is 0.463 e. The second kappa shape index (κ2) is 5.98. The number of carbonyl (C=O) groups is 1. The van der Waals surface area contributed by atoms with E-state index in [0.717, 1.165) is 17.7 Å². The van der Waals surface area contributed by atoms with Crippen LogP contribution in [0.1, 0.15) is 24.6 Å². The first kappa shape index (κ1) is 12.3. The maximum absolute atomic E-state index is 11.3. The quantitative estimate of drug-likeness (QED) is 0.457. The fourth-order valence-corrected chi connectivity index (χ4v) is 3.40. The summed E-state index contributed by atoms with van der Waals surface area (Å²) in [5.74, 6) is -0.254. The van der Waals surface area contributed by atoms with Crippen LogP contribution < -0.4 is 0 Å². The molecule has 0 saturated carbocycles. The average Bonchev–Trinajstić information content (AvgIpc) is 2.86. The average molecular weight is 266 g/mol. The Hall–Kier alpha value is -1.13. The third kappa shape index (κ3) is 3.41. The zero-order valence-electron chi connectivity index (χ0n) is 9.64. The molecule has 0 amide bonds. The van der Waals surface area contributed by atoms with Crippen LogP contribution in [0.25, 0.3) is 15.5 Å². The number of hydrogen-bond donors (Lipinski definition) is 0. The van der Waals surface area contributed by atoms with Crippen LogP contribution in [0.4, 0.5) is 0 Å². The Morgan fingerprint density at radius 1 is 1.47 bits per heavy atom. The smallest absolute Gasteiger partial charge is 0.330 e. The number of hydrogen-bond acceptors (Lipinski definition) is 4. The molecule has 0 fully saturated rings. The third-order valence-corrected chi connectivity index (χ3v) is 4.34. The van der Waals surface area contributed by atoms with E-state index in [4.69, 9.17) is 4.74 Å². The normalized spacial score (nSPS) is 11.4. The van der Waals surface area contributed by atoms with Crippen LogP contribution in [0.15, 0.2) is 23.6 Å². The lowest BCUT2D eigenvalue weighted by Crippen LogP contribution is -2.01. The number of unbranched alkanes of at least 4 members (excludes halogenated alkanes) is 1. The number of carbonyl (C=O) groups excluding carboxylic acids is 1. The summed E-state index contributed by atoms with van der Waals surface area (Å²) < 4.78 is 7.59. The van der Waals surface area contributed by atoms with Crippen molar-refractivity contribution < 1.29 is 9.53 Å². The van der Waals surface area contributed by atoms with Gasteiger partial charge < -0.3 is 4.74 Å². The molecule has 0 aliphatic carbocycles. The highest BCUT2D eigenvalue weighted by atomic mass is 32.1. The molecule has 2 rings (SSSR count). The predicted molar refractivity (Wildman–Crippen MR) is 74.6 cm³/mol. The minimum Gasteiger partial charge on any atom is -0.463 e. The lowest BCUT2D eigenvalue weighted by molar-refractivity contribution is -0.137. The molecule has 17 heavy (non-hydrogen) atoms. The molecule has 0 unspecified atom stereocenters. The van der Waals surface area contributed by atoms with E-state index in [0.29, 0.717) is 6.61 Å². The number of ether oxygens (including phenoxy) is 1. The summed E-state index contributed by atoms with van der Waals surface area (Å²) in [4.78, 5) is 12.4. The molecule has 0 bridgehead atoms. The molecule has 2 aromatic heterocycles. The molecule has 2 heterocycles. The van der Waals surface area contributed by atoms with Gasteiger partial charge in [-0.1, -0.05) is 13.3 Å². The van der Waals surface area contributed by atoms with E-state index >= 15 is 0 Å². The first-order valence-electron chi connectivity index (χ1n) is 5.61. The summed E-state index contributed by atoms with van der Waals surface area (Å²) in [6.45, 7) is 2.58. The van der Waals surface area contributed by atoms with Gasteiger partial charge in [0.25, 0.3) is 0 Å². The fourth-order valence-electron chi connectivity index (χ4n) is 1.38. The number of esters is 1. The summed E-state index contributed by atoms with van der Waals surface area (Å²) >= 11 is 3.41. The van der Waals surface area contributed by atoms with Gasteiger partial charge in [0.15, 0.2) is 0 Å². The van der Waals surface area contributed by atoms with Crippen LogP contribution in [-0.2, 0) is 9.53 Å². The van der Waals surface area contributed by atoms with Crippen LogP contribution in [0.5, 0.6) is 0 Å². The number of fused-ring (bicyclic) bond motifs is 1. The summed E-state index contributed by atoms with van der Waals surface area (Å²) in [7, 11) is 0.